The summed E-state index contributed by atoms with van der Waals surface area (Å²) < 4.78 is 2.43. The Balaban J connectivity index is 1.48. The molecule has 5 rings (SSSR count). The zero-order valence-electron chi connectivity index (χ0n) is 18.1. The topological polar surface area (TPSA) is 110 Å². The smallest absolute Gasteiger partial charge is 0.165 e. The number of halogens is 1. The highest BCUT2D eigenvalue weighted by Crippen LogP contribution is 2.41. The first kappa shape index (κ1) is 22.0. The molecular formula is C25H26BrN5O2. The first-order valence-electron chi connectivity index (χ1n) is 11.2. The predicted octanol–water partition coefficient (Wildman–Crippen LogP) is 4.43. The van der Waals surface area contributed by atoms with Crippen molar-refractivity contribution in [1.29, 1.82) is 0 Å². The first-order valence-corrected chi connectivity index (χ1v) is 12.0. The number of aromatic nitrogens is 4. The van der Waals surface area contributed by atoms with Gasteiger partial charge in [-0.3, -0.25) is 4.98 Å². The lowest BCUT2D eigenvalue weighted by Crippen LogP contribution is -2.28. The number of rotatable bonds is 5. The number of anilines is 1. The monoisotopic (exact) mass is 507 g/mol. The van der Waals surface area contributed by atoms with Crippen LogP contribution in [0.2, 0.25) is 0 Å². The van der Waals surface area contributed by atoms with Crippen LogP contribution in [0.3, 0.4) is 0 Å². The zero-order chi connectivity index (χ0) is 22.9. The van der Waals surface area contributed by atoms with Crippen molar-refractivity contribution < 1.29 is 10.2 Å². The van der Waals surface area contributed by atoms with Gasteiger partial charge in [0.25, 0.3) is 0 Å². The Hall–Kier alpha value is -2.81. The van der Waals surface area contributed by atoms with Crippen molar-refractivity contribution >= 4 is 27.4 Å². The minimum atomic E-state index is -0.650. The average molecular weight is 508 g/mol. The van der Waals surface area contributed by atoms with E-state index in [4.69, 9.17) is 10.7 Å². The third-order valence-corrected chi connectivity index (χ3v) is 7.49. The SMILES string of the molecule is Nc1c(Br)c([C@H]2CC[C@H](C(O)CO)CC2)nc2c(-c3ccc(-c4ccccc4)nc3)cnn12. The van der Waals surface area contributed by atoms with Crippen molar-refractivity contribution in [3.8, 4) is 22.4 Å². The molecule has 1 fully saturated rings. The molecule has 0 saturated heterocycles. The molecule has 1 unspecified atom stereocenters. The van der Waals surface area contributed by atoms with Crippen LogP contribution < -0.4 is 5.73 Å². The molecule has 8 heteroatoms. The van der Waals surface area contributed by atoms with Gasteiger partial charge in [0, 0.05) is 28.8 Å². The second kappa shape index (κ2) is 9.21. The third-order valence-electron chi connectivity index (χ3n) is 6.68. The van der Waals surface area contributed by atoms with Gasteiger partial charge in [0.2, 0.25) is 0 Å². The van der Waals surface area contributed by atoms with Crippen LogP contribution in [-0.4, -0.2) is 42.5 Å². The van der Waals surface area contributed by atoms with E-state index in [2.05, 4.69) is 26.0 Å². The Bertz CT molecular complexity index is 1250. The summed E-state index contributed by atoms with van der Waals surface area (Å²) >= 11 is 3.65. The van der Waals surface area contributed by atoms with Crippen LogP contribution in [-0.2, 0) is 0 Å². The number of hydrogen-bond donors (Lipinski definition) is 3. The lowest BCUT2D eigenvalue weighted by Gasteiger charge is -2.31. The fourth-order valence-electron chi connectivity index (χ4n) is 4.75. The van der Waals surface area contributed by atoms with Gasteiger partial charge in [-0.2, -0.15) is 9.61 Å². The van der Waals surface area contributed by atoms with E-state index in [0.717, 1.165) is 58.2 Å². The maximum absolute atomic E-state index is 9.99. The van der Waals surface area contributed by atoms with Gasteiger partial charge < -0.3 is 15.9 Å². The number of nitrogens with two attached hydrogens (primary N) is 1. The molecule has 4 aromatic rings. The fourth-order valence-corrected chi connectivity index (χ4v) is 5.33. The second-order valence-corrected chi connectivity index (χ2v) is 9.44. The van der Waals surface area contributed by atoms with Gasteiger partial charge in [-0.15, -0.1) is 0 Å². The molecule has 1 aromatic carbocycles. The fraction of sp³-hybridized carbons (Fsp3) is 0.320. The third kappa shape index (κ3) is 4.14. The van der Waals surface area contributed by atoms with Crippen molar-refractivity contribution in [2.45, 2.75) is 37.7 Å². The van der Waals surface area contributed by atoms with Gasteiger partial charge in [-0.05, 0) is 53.6 Å². The summed E-state index contributed by atoms with van der Waals surface area (Å²) in [4.78, 5) is 9.65. The van der Waals surface area contributed by atoms with E-state index >= 15 is 0 Å². The van der Waals surface area contributed by atoms with Crippen LogP contribution in [0.5, 0.6) is 0 Å². The molecule has 3 aromatic heterocycles. The first-order chi connectivity index (χ1) is 16.1. The summed E-state index contributed by atoms with van der Waals surface area (Å²) in [6.45, 7) is -0.188. The molecule has 0 spiro atoms. The number of nitrogens with zero attached hydrogens (tertiary/aromatic N) is 4. The minimum Gasteiger partial charge on any atom is -0.394 e. The molecule has 0 radical (unpaired) electrons. The van der Waals surface area contributed by atoms with Gasteiger partial charge >= 0.3 is 0 Å². The van der Waals surface area contributed by atoms with E-state index < -0.39 is 6.10 Å². The van der Waals surface area contributed by atoms with Crippen molar-refractivity contribution in [2.24, 2.45) is 5.92 Å². The lowest BCUT2D eigenvalue weighted by atomic mass is 9.78. The quantitative estimate of drug-likeness (QED) is 0.368. The lowest BCUT2D eigenvalue weighted by molar-refractivity contribution is 0.0300. The summed E-state index contributed by atoms with van der Waals surface area (Å²) in [7, 11) is 0. The number of benzene rings is 1. The molecule has 1 aliphatic carbocycles. The minimum absolute atomic E-state index is 0.130. The van der Waals surface area contributed by atoms with Gasteiger partial charge in [-0.25, -0.2) is 4.98 Å². The Morgan fingerprint density at radius 1 is 1.03 bits per heavy atom. The van der Waals surface area contributed by atoms with Gasteiger partial charge in [-0.1, -0.05) is 36.4 Å². The Kier molecular flexibility index (Phi) is 6.14. The van der Waals surface area contributed by atoms with E-state index in [1.165, 1.54) is 0 Å². The van der Waals surface area contributed by atoms with Crippen LogP contribution >= 0.6 is 15.9 Å². The number of aliphatic hydroxyl groups is 2. The number of aliphatic hydroxyl groups excluding tert-OH is 2. The molecule has 0 amide bonds. The predicted molar refractivity (Wildman–Crippen MR) is 132 cm³/mol. The molecule has 3 heterocycles. The van der Waals surface area contributed by atoms with Gasteiger partial charge in [0.05, 0.1) is 34.8 Å². The highest BCUT2D eigenvalue weighted by Gasteiger charge is 2.30. The molecule has 4 N–H and O–H groups in total. The highest BCUT2D eigenvalue weighted by molar-refractivity contribution is 9.10. The summed E-state index contributed by atoms with van der Waals surface area (Å²) in [5.74, 6) is 0.883. The Labute approximate surface area is 200 Å². The maximum Gasteiger partial charge on any atom is 0.165 e. The highest BCUT2D eigenvalue weighted by atomic mass is 79.9. The van der Waals surface area contributed by atoms with Crippen molar-refractivity contribution in [3.05, 3.63) is 65.0 Å². The van der Waals surface area contributed by atoms with Crippen LogP contribution in [0.15, 0.2) is 59.3 Å². The summed E-state index contributed by atoms with van der Waals surface area (Å²) in [5.41, 5.74) is 11.9. The number of pyridine rings is 1. The van der Waals surface area contributed by atoms with Crippen LogP contribution in [0.4, 0.5) is 5.82 Å². The summed E-state index contributed by atoms with van der Waals surface area (Å²) in [5, 5.41) is 23.7. The second-order valence-electron chi connectivity index (χ2n) is 8.65. The molecule has 1 saturated carbocycles. The molecule has 1 aliphatic rings. The number of hydrogen-bond acceptors (Lipinski definition) is 6. The summed E-state index contributed by atoms with van der Waals surface area (Å²) in [6, 6.07) is 14.1. The normalized spacial score (nSPS) is 19.6. The van der Waals surface area contributed by atoms with Crippen LogP contribution in [0.25, 0.3) is 28.0 Å². The van der Waals surface area contributed by atoms with Crippen molar-refractivity contribution in [1.82, 2.24) is 19.6 Å². The van der Waals surface area contributed by atoms with E-state index in [9.17, 15) is 10.2 Å². The molecule has 170 valence electrons. The number of fused-ring (bicyclic) bond motifs is 1. The van der Waals surface area contributed by atoms with Crippen molar-refractivity contribution in [2.75, 3.05) is 12.3 Å². The Morgan fingerprint density at radius 3 is 2.45 bits per heavy atom. The zero-order valence-corrected chi connectivity index (χ0v) is 19.7. The number of nitrogen functional groups attached to an aromatic ring is 1. The molecule has 1 atom stereocenters. The van der Waals surface area contributed by atoms with Crippen LogP contribution in [0.1, 0.15) is 37.3 Å². The Morgan fingerprint density at radius 2 is 1.79 bits per heavy atom. The summed E-state index contributed by atoms with van der Waals surface area (Å²) in [6.07, 6.45) is 6.45. The van der Waals surface area contributed by atoms with E-state index in [0.29, 0.717) is 11.5 Å². The standard InChI is InChI=1S/C25H26BrN5O2/c26-22-23(17-8-6-16(7-9-17)21(33)14-32)30-25-19(13-29-31(25)24(22)27)18-10-11-20(28-12-18)15-4-2-1-3-5-15/h1-5,10-13,16-17,21,32-33H,6-9,14,27H2/t16-,17-,21?. The van der Waals surface area contributed by atoms with Gasteiger partial charge in [0.1, 0.15) is 5.82 Å². The molecule has 33 heavy (non-hydrogen) atoms. The van der Waals surface area contributed by atoms with Crippen LogP contribution in [0, 0.1) is 5.92 Å². The van der Waals surface area contributed by atoms with Gasteiger partial charge in [0.15, 0.2) is 5.65 Å². The molecule has 0 bridgehead atoms. The molecule has 0 aliphatic heterocycles. The molecule has 7 nitrogen and oxygen atoms in total. The largest absolute Gasteiger partial charge is 0.394 e. The average Bonchev–Trinajstić information content (AvgIpc) is 3.30. The van der Waals surface area contributed by atoms with E-state index in [1.54, 1.807) is 10.7 Å². The van der Waals surface area contributed by atoms with Crippen molar-refractivity contribution in [3.63, 3.8) is 0 Å². The maximum atomic E-state index is 9.99. The molecular weight excluding hydrogens is 482 g/mol. The van der Waals surface area contributed by atoms with E-state index in [-0.39, 0.29) is 18.4 Å². The van der Waals surface area contributed by atoms with E-state index in [1.807, 2.05) is 48.7 Å².